The maximum Gasteiger partial charge on any atom is 0.220 e. The molecule has 3 N–H and O–H groups in total. The van der Waals surface area contributed by atoms with Gasteiger partial charge in [0.15, 0.2) is 17.4 Å². The molecule has 0 unspecified atom stereocenters. The molecule has 2 aromatic heterocycles. The second-order valence-corrected chi connectivity index (χ2v) is 5.84. The van der Waals surface area contributed by atoms with E-state index in [0.717, 1.165) is 30.7 Å². The molecule has 8 heteroatoms. The monoisotopic (exact) mass is 329 g/mol. The van der Waals surface area contributed by atoms with Gasteiger partial charge in [-0.1, -0.05) is 6.07 Å². The molecule has 8 nitrogen and oxygen atoms in total. The van der Waals surface area contributed by atoms with Gasteiger partial charge >= 0.3 is 0 Å². The Morgan fingerprint density at radius 2 is 2.21 bits per heavy atom. The first-order valence-electron chi connectivity index (χ1n) is 8.29. The fourth-order valence-electron chi connectivity index (χ4n) is 2.38. The van der Waals surface area contributed by atoms with E-state index in [1.165, 1.54) is 0 Å². The first kappa shape index (κ1) is 16.2. The zero-order valence-corrected chi connectivity index (χ0v) is 13.8. The molecule has 1 aliphatic carbocycles. The molecule has 1 saturated carbocycles. The Kier molecular flexibility index (Phi) is 5.25. The number of carbonyl (C=O) groups is 1. The Bertz CT molecular complexity index is 720. The molecule has 2 aromatic rings. The predicted molar refractivity (Wildman–Crippen MR) is 91.6 cm³/mol. The highest BCUT2D eigenvalue weighted by Crippen LogP contribution is 2.18. The van der Waals surface area contributed by atoms with E-state index in [2.05, 4.69) is 31.1 Å². The van der Waals surface area contributed by atoms with E-state index in [9.17, 15) is 4.79 Å². The van der Waals surface area contributed by atoms with Gasteiger partial charge in [0.1, 0.15) is 0 Å². The largest absolute Gasteiger partial charge is 0.356 e. The highest BCUT2D eigenvalue weighted by atomic mass is 16.1. The van der Waals surface area contributed by atoms with Crippen LogP contribution >= 0.6 is 0 Å². The lowest BCUT2D eigenvalue weighted by molar-refractivity contribution is -0.121. The van der Waals surface area contributed by atoms with Crippen molar-refractivity contribution in [1.29, 1.82) is 0 Å². The van der Waals surface area contributed by atoms with Gasteiger partial charge in [-0.25, -0.2) is 0 Å². The van der Waals surface area contributed by atoms with Crippen molar-refractivity contribution in [2.24, 2.45) is 4.99 Å². The minimum Gasteiger partial charge on any atom is -0.356 e. The van der Waals surface area contributed by atoms with E-state index >= 15 is 0 Å². The number of amides is 1. The minimum absolute atomic E-state index is 0.136. The quantitative estimate of drug-likeness (QED) is 0.389. The maximum absolute atomic E-state index is 11.6. The van der Waals surface area contributed by atoms with Crippen LogP contribution < -0.4 is 16.0 Å². The van der Waals surface area contributed by atoms with Crippen molar-refractivity contribution in [3.8, 4) is 0 Å². The average molecular weight is 329 g/mol. The van der Waals surface area contributed by atoms with Crippen molar-refractivity contribution in [2.75, 3.05) is 13.6 Å². The third kappa shape index (κ3) is 4.43. The van der Waals surface area contributed by atoms with Crippen molar-refractivity contribution in [1.82, 2.24) is 30.5 Å². The maximum atomic E-state index is 11.6. The van der Waals surface area contributed by atoms with Crippen LogP contribution in [0, 0.1) is 0 Å². The second kappa shape index (κ2) is 7.76. The zero-order chi connectivity index (χ0) is 16.8. The van der Waals surface area contributed by atoms with Crippen LogP contribution in [0.5, 0.6) is 0 Å². The summed E-state index contributed by atoms with van der Waals surface area (Å²) in [6, 6.07) is 6.22. The summed E-state index contributed by atoms with van der Waals surface area (Å²) in [7, 11) is 1.72. The van der Waals surface area contributed by atoms with Crippen LogP contribution in [0.4, 0.5) is 0 Å². The molecular weight excluding hydrogens is 306 g/mol. The zero-order valence-electron chi connectivity index (χ0n) is 13.8. The van der Waals surface area contributed by atoms with Crippen LogP contribution in [-0.2, 0) is 11.3 Å². The lowest BCUT2D eigenvalue weighted by atomic mass is 10.3. The Morgan fingerprint density at radius 1 is 1.33 bits per heavy atom. The minimum atomic E-state index is 0.136. The number of nitrogens with zero attached hydrogens (tertiary/aromatic N) is 4. The number of hydrogen-bond acceptors (Lipinski definition) is 4. The van der Waals surface area contributed by atoms with E-state index in [4.69, 9.17) is 0 Å². The van der Waals surface area contributed by atoms with Crippen LogP contribution in [-0.4, -0.2) is 46.1 Å². The summed E-state index contributed by atoms with van der Waals surface area (Å²) in [5, 5.41) is 17.7. The third-order valence-electron chi connectivity index (χ3n) is 3.84. The summed E-state index contributed by atoms with van der Waals surface area (Å²) >= 11 is 0. The molecule has 24 heavy (non-hydrogen) atoms. The van der Waals surface area contributed by atoms with Crippen molar-refractivity contribution >= 4 is 17.5 Å². The fourth-order valence-corrected chi connectivity index (χ4v) is 2.38. The van der Waals surface area contributed by atoms with E-state index in [0.29, 0.717) is 31.5 Å². The van der Waals surface area contributed by atoms with Crippen LogP contribution in [0.15, 0.2) is 29.4 Å². The number of aromatic nitrogens is 3. The van der Waals surface area contributed by atoms with E-state index < -0.39 is 0 Å². The van der Waals surface area contributed by atoms with Gasteiger partial charge in [-0.05, 0) is 31.4 Å². The summed E-state index contributed by atoms with van der Waals surface area (Å²) in [6.07, 6.45) is 5.49. The molecule has 1 fully saturated rings. The van der Waals surface area contributed by atoms with Crippen molar-refractivity contribution in [2.45, 2.75) is 38.3 Å². The van der Waals surface area contributed by atoms with Gasteiger partial charge in [0, 0.05) is 32.3 Å². The predicted octanol–water partition coefficient (Wildman–Crippen LogP) is 0.453. The number of guanidine groups is 1. The molecule has 0 atom stereocenters. The highest BCUT2D eigenvalue weighted by Gasteiger charge is 2.22. The number of pyridine rings is 1. The van der Waals surface area contributed by atoms with Gasteiger partial charge < -0.3 is 16.0 Å². The summed E-state index contributed by atoms with van der Waals surface area (Å²) < 4.78 is 1.93. The molecule has 0 aromatic carbocycles. The average Bonchev–Trinajstić information content (AvgIpc) is 3.31. The van der Waals surface area contributed by atoms with Gasteiger partial charge in [-0.15, -0.1) is 10.2 Å². The number of hydrogen-bond donors (Lipinski definition) is 3. The number of aliphatic imine (C=N–C) groups is 1. The molecule has 0 aliphatic heterocycles. The Labute approximate surface area is 140 Å². The normalized spacial score (nSPS) is 14.6. The van der Waals surface area contributed by atoms with E-state index in [1.54, 1.807) is 7.05 Å². The van der Waals surface area contributed by atoms with Crippen LogP contribution in [0.3, 0.4) is 0 Å². The molecular formula is C16H23N7O. The molecule has 128 valence electrons. The smallest absolute Gasteiger partial charge is 0.220 e. The van der Waals surface area contributed by atoms with Crippen LogP contribution in [0.25, 0.3) is 5.65 Å². The topological polar surface area (TPSA) is 95.7 Å². The summed E-state index contributed by atoms with van der Waals surface area (Å²) in [4.78, 5) is 15.8. The molecule has 1 amide bonds. The van der Waals surface area contributed by atoms with Gasteiger partial charge in [-0.3, -0.25) is 14.2 Å². The first-order chi connectivity index (χ1) is 11.8. The Morgan fingerprint density at radius 3 is 3.00 bits per heavy atom. The van der Waals surface area contributed by atoms with Crippen LogP contribution in [0.1, 0.15) is 31.5 Å². The lowest BCUT2D eigenvalue weighted by Crippen LogP contribution is -2.38. The standard InChI is InChI=1S/C16H23N7O/c1-17-16(18-9-4-6-15(24)20-12-7-8-12)19-11-14-22-21-13-5-2-3-10-23(13)14/h2-3,5,10,12H,4,6-9,11H2,1H3,(H,20,24)(H2,17,18,19). The Balaban J connectivity index is 1.39. The van der Waals surface area contributed by atoms with Gasteiger partial charge in [0.25, 0.3) is 0 Å². The SMILES string of the molecule is CN=C(NCCCC(=O)NC1CC1)NCc1nnc2ccccn12. The van der Waals surface area contributed by atoms with Gasteiger partial charge in [0.2, 0.25) is 5.91 Å². The summed E-state index contributed by atoms with van der Waals surface area (Å²) in [5.41, 5.74) is 0.818. The molecule has 3 rings (SSSR count). The second-order valence-electron chi connectivity index (χ2n) is 5.84. The molecule has 0 spiro atoms. The molecule has 0 radical (unpaired) electrons. The van der Waals surface area contributed by atoms with Crippen LogP contribution in [0.2, 0.25) is 0 Å². The van der Waals surface area contributed by atoms with Gasteiger partial charge in [-0.2, -0.15) is 0 Å². The number of nitrogens with one attached hydrogen (secondary N) is 3. The van der Waals surface area contributed by atoms with Crippen molar-refractivity contribution in [3.63, 3.8) is 0 Å². The number of fused-ring (bicyclic) bond motifs is 1. The highest BCUT2D eigenvalue weighted by molar-refractivity contribution is 5.79. The summed E-state index contributed by atoms with van der Waals surface area (Å²) in [5.74, 6) is 1.64. The van der Waals surface area contributed by atoms with E-state index in [-0.39, 0.29) is 5.91 Å². The van der Waals surface area contributed by atoms with Crippen molar-refractivity contribution in [3.05, 3.63) is 30.2 Å². The molecule has 0 saturated heterocycles. The Hall–Kier alpha value is -2.64. The number of carbonyl (C=O) groups excluding carboxylic acids is 1. The third-order valence-corrected chi connectivity index (χ3v) is 3.84. The molecule has 2 heterocycles. The van der Waals surface area contributed by atoms with Gasteiger partial charge in [0.05, 0.1) is 6.54 Å². The molecule has 1 aliphatic rings. The molecule has 0 bridgehead atoms. The number of rotatable bonds is 7. The lowest BCUT2D eigenvalue weighted by Gasteiger charge is -2.11. The first-order valence-corrected chi connectivity index (χ1v) is 8.29. The fraction of sp³-hybridized carbons (Fsp3) is 0.500. The van der Waals surface area contributed by atoms with E-state index in [1.807, 2.05) is 28.8 Å². The summed E-state index contributed by atoms with van der Waals surface area (Å²) in [6.45, 7) is 1.21. The van der Waals surface area contributed by atoms with Crippen molar-refractivity contribution < 1.29 is 4.79 Å².